The molecule has 2 heterocycles. The molecule has 0 spiro atoms. The molecule has 10 heteroatoms. The van der Waals surface area contributed by atoms with E-state index in [2.05, 4.69) is 40.8 Å². The molecule has 40 heavy (non-hydrogen) atoms. The predicted octanol–water partition coefficient (Wildman–Crippen LogP) is 7.59. The van der Waals surface area contributed by atoms with Gasteiger partial charge in [0.1, 0.15) is 5.82 Å². The number of ether oxygens (including phenoxy) is 1. The molecule has 0 radical (unpaired) electrons. The number of hydrogen-bond acceptors (Lipinski definition) is 5. The quantitative estimate of drug-likeness (QED) is 0.193. The van der Waals surface area contributed by atoms with Crippen LogP contribution in [0.15, 0.2) is 96.0 Å². The molecule has 0 aliphatic rings. The molecular formula is C30H27ClN4O4S. The molecule has 0 atom stereocenters. The van der Waals surface area contributed by atoms with Gasteiger partial charge in [-0.15, -0.1) is 0 Å². The molecular weight excluding hydrogens is 548 g/mol. The molecule has 0 unspecified atom stereocenters. The van der Waals surface area contributed by atoms with Crippen LogP contribution in [-0.4, -0.2) is 24.5 Å². The molecule has 0 saturated heterocycles. The van der Waals surface area contributed by atoms with Crippen LogP contribution in [0, 0.1) is 0 Å². The number of hydrogen-bond donors (Lipinski definition) is 3. The van der Waals surface area contributed by atoms with Gasteiger partial charge in [0, 0.05) is 22.8 Å². The lowest BCUT2D eigenvalue weighted by Crippen LogP contribution is -2.17. The Hall–Kier alpha value is -4.34. The molecule has 1 amide bonds. The number of aromatic nitrogens is 2. The summed E-state index contributed by atoms with van der Waals surface area (Å²) in [5, 5.41) is 3.68. The lowest BCUT2D eigenvalue weighted by molar-refractivity contribution is 0.214. The number of halogens is 1. The number of nitrogens with one attached hydrogen (secondary N) is 3. The third-order valence-electron chi connectivity index (χ3n) is 6.26. The summed E-state index contributed by atoms with van der Waals surface area (Å²) in [5.74, 6) is 0.476. The summed E-state index contributed by atoms with van der Waals surface area (Å²) in [6.45, 7) is 6.21. The third kappa shape index (κ3) is 5.95. The van der Waals surface area contributed by atoms with Crippen molar-refractivity contribution in [3.63, 3.8) is 0 Å². The molecule has 3 aromatic carbocycles. The van der Waals surface area contributed by atoms with Gasteiger partial charge in [-0.1, -0.05) is 74.8 Å². The van der Waals surface area contributed by atoms with E-state index in [0.717, 1.165) is 11.1 Å². The van der Waals surface area contributed by atoms with Gasteiger partial charge in [0.15, 0.2) is 0 Å². The maximum absolute atomic E-state index is 13.2. The van der Waals surface area contributed by atoms with Gasteiger partial charge in [0.2, 0.25) is 5.88 Å². The summed E-state index contributed by atoms with van der Waals surface area (Å²) >= 11 is 5.87. The molecule has 0 aliphatic heterocycles. The molecule has 3 N–H and O–H groups in total. The van der Waals surface area contributed by atoms with E-state index < -0.39 is 16.1 Å². The van der Waals surface area contributed by atoms with Gasteiger partial charge < -0.3 is 9.72 Å². The number of H-pyrrole nitrogens is 1. The van der Waals surface area contributed by atoms with Crippen LogP contribution in [0.3, 0.4) is 0 Å². The lowest BCUT2D eigenvalue weighted by Gasteiger charge is -2.19. The van der Waals surface area contributed by atoms with Crippen LogP contribution in [-0.2, 0) is 15.4 Å². The van der Waals surface area contributed by atoms with Gasteiger partial charge >= 0.3 is 6.09 Å². The standard InChI is InChI=1S/C30H27ClN4O4S/c1-30(2,3)20-9-13-23(14-10-20)40(37,38)35-22-12-15-25-24(17-22)27(19-7-5-4-6-8-19)28(33-25)39-29(36)34-26-16-11-21(31)18-32-26/h4-18,33,35H,1-3H3,(H,32,34,36). The van der Waals surface area contributed by atoms with Crippen molar-refractivity contribution >= 4 is 50.1 Å². The number of nitrogens with zero attached hydrogens (tertiary/aromatic N) is 1. The molecule has 2 aromatic heterocycles. The first-order valence-electron chi connectivity index (χ1n) is 12.4. The summed E-state index contributed by atoms with van der Waals surface area (Å²) in [4.78, 5) is 20.0. The van der Waals surface area contributed by atoms with Crippen molar-refractivity contribution in [2.24, 2.45) is 0 Å². The highest BCUT2D eigenvalue weighted by Gasteiger charge is 2.21. The topological polar surface area (TPSA) is 113 Å². The van der Waals surface area contributed by atoms with E-state index in [1.54, 1.807) is 42.5 Å². The van der Waals surface area contributed by atoms with Crippen LogP contribution in [0.1, 0.15) is 26.3 Å². The first-order valence-corrected chi connectivity index (χ1v) is 14.3. The fraction of sp³-hybridized carbons (Fsp3) is 0.133. The van der Waals surface area contributed by atoms with E-state index in [9.17, 15) is 13.2 Å². The summed E-state index contributed by atoms with van der Waals surface area (Å²) in [5.41, 5.74) is 3.35. The Morgan fingerprint density at radius 1 is 0.950 bits per heavy atom. The number of anilines is 2. The molecule has 0 saturated carbocycles. The van der Waals surface area contributed by atoms with E-state index in [0.29, 0.717) is 27.2 Å². The van der Waals surface area contributed by atoms with E-state index in [1.807, 2.05) is 42.5 Å². The van der Waals surface area contributed by atoms with E-state index in [-0.39, 0.29) is 22.0 Å². The predicted molar refractivity (Wildman–Crippen MR) is 159 cm³/mol. The van der Waals surface area contributed by atoms with Crippen LogP contribution in [0.4, 0.5) is 16.3 Å². The monoisotopic (exact) mass is 574 g/mol. The minimum Gasteiger partial charge on any atom is -0.392 e. The maximum Gasteiger partial charge on any atom is 0.419 e. The largest absolute Gasteiger partial charge is 0.419 e. The van der Waals surface area contributed by atoms with Gasteiger partial charge in [-0.25, -0.2) is 18.2 Å². The van der Waals surface area contributed by atoms with Gasteiger partial charge in [-0.05, 0) is 59.0 Å². The number of pyridine rings is 1. The summed E-state index contributed by atoms with van der Waals surface area (Å²) in [7, 11) is -3.84. The van der Waals surface area contributed by atoms with Crippen molar-refractivity contribution in [3.8, 4) is 17.0 Å². The Balaban J connectivity index is 1.47. The smallest absolute Gasteiger partial charge is 0.392 e. The number of sulfonamides is 1. The van der Waals surface area contributed by atoms with E-state index in [4.69, 9.17) is 16.3 Å². The first kappa shape index (κ1) is 27.2. The Morgan fingerprint density at radius 3 is 2.33 bits per heavy atom. The molecule has 0 fully saturated rings. The van der Waals surface area contributed by atoms with Crippen LogP contribution in [0.2, 0.25) is 5.02 Å². The Labute approximate surface area is 237 Å². The molecule has 0 bridgehead atoms. The third-order valence-corrected chi connectivity index (χ3v) is 7.88. The van der Waals surface area contributed by atoms with Crippen molar-refractivity contribution in [2.75, 3.05) is 10.0 Å². The Morgan fingerprint density at radius 2 is 1.68 bits per heavy atom. The van der Waals surface area contributed by atoms with Crippen molar-refractivity contribution in [3.05, 3.63) is 102 Å². The summed E-state index contributed by atoms with van der Waals surface area (Å²) in [6, 6.07) is 24.5. The molecule has 5 rings (SSSR count). The zero-order chi connectivity index (χ0) is 28.5. The average Bonchev–Trinajstić information content (AvgIpc) is 3.26. The lowest BCUT2D eigenvalue weighted by atomic mass is 9.87. The zero-order valence-electron chi connectivity index (χ0n) is 22.0. The van der Waals surface area contributed by atoms with E-state index in [1.165, 1.54) is 6.20 Å². The number of aromatic amines is 1. The van der Waals surface area contributed by atoms with Crippen molar-refractivity contribution < 1.29 is 17.9 Å². The Kier molecular flexibility index (Phi) is 7.27. The highest BCUT2D eigenvalue weighted by atomic mass is 35.5. The highest BCUT2D eigenvalue weighted by Crippen LogP contribution is 2.39. The molecule has 5 aromatic rings. The van der Waals surface area contributed by atoms with Gasteiger partial charge in [-0.2, -0.15) is 0 Å². The number of fused-ring (bicyclic) bond motifs is 1. The fourth-order valence-electron chi connectivity index (χ4n) is 4.22. The van der Waals surface area contributed by atoms with Crippen molar-refractivity contribution in [1.82, 2.24) is 9.97 Å². The number of carbonyl (C=O) groups is 1. The second-order valence-corrected chi connectivity index (χ2v) is 12.3. The SMILES string of the molecule is CC(C)(C)c1ccc(S(=O)(=O)Nc2ccc3[nH]c(OC(=O)Nc4ccc(Cl)cn4)c(-c4ccccc4)c3c2)cc1. The average molecular weight is 575 g/mol. The van der Waals surface area contributed by atoms with E-state index >= 15 is 0 Å². The zero-order valence-corrected chi connectivity index (χ0v) is 23.6. The van der Waals surface area contributed by atoms with Crippen LogP contribution in [0.25, 0.3) is 22.0 Å². The normalized spacial score (nSPS) is 11.8. The van der Waals surface area contributed by atoms with Crippen molar-refractivity contribution in [2.45, 2.75) is 31.1 Å². The van der Waals surface area contributed by atoms with Gasteiger partial charge in [0.25, 0.3) is 10.0 Å². The minimum atomic E-state index is -3.84. The Bertz CT molecular complexity index is 1780. The summed E-state index contributed by atoms with van der Waals surface area (Å²) in [6.07, 6.45) is 0.662. The molecule has 204 valence electrons. The van der Waals surface area contributed by atoms with Crippen LogP contribution >= 0.6 is 11.6 Å². The number of benzene rings is 3. The minimum absolute atomic E-state index is 0.0924. The maximum atomic E-state index is 13.2. The summed E-state index contributed by atoms with van der Waals surface area (Å²) < 4.78 is 34.7. The first-order chi connectivity index (χ1) is 19.0. The molecule has 0 aliphatic carbocycles. The highest BCUT2D eigenvalue weighted by molar-refractivity contribution is 7.92. The number of amides is 1. The second-order valence-electron chi connectivity index (χ2n) is 10.2. The number of rotatable bonds is 6. The van der Waals surface area contributed by atoms with Gasteiger partial charge in [0.05, 0.1) is 15.5 Å². The van der Waals surface area contributed by atoms with Crippen LogP contribution in [0.5, 0.6) is 5.88 Å². The second kappa shape index (κ2) is 10.7. The molecule has 8 nitrogen and oxygen atoms in total. The van der Waals surface area contributed by atoms with Crippen molar-refractivity contribution in [1.29, 1.82) is 0 Å². The van der Waals surface area contributed by atoms with Crippen LogP contribution < -0.4 is 14.8 Å². The number of carbonyl (C=O) groups excluding carboxylic acids is 1. The fourth-order valence-corrected chi connectivity index (χ4v) is 5.38. The van der Waals surface area contributed by atoms with Gasteiger partial charge in [-0.3, -0.25) is 10.0 Å².